The Kier molecular flexibility index (Phi) is 4.86. The third kappa shape index (κ3) is 3.42. The van der Waals surface area contributed by atoms with Gasteiger partial charge in [0.1, 0.15) is 5.69 Å². The van der Waals surface area contributed by atoms with Crippen LogP contribution in [0.4, 0.5) is 0 Å². The summed E-state index contributed by atoms with van der Waals surface area (Å²) in [6.45, 7) is 0.192. The number of halogens is 1. The van der Waals surface area contributed by atoms with E-state index < -0.39 is 11.4 Å². The fourth-order valence-corrected chi connectivity index (χ4v) is 3.06. The molecule has 0 atom stereocenters. The number of aliphatic carboxylic acids is 1. The molecular weight excluding hydrogens is 324 g/mol. The maximum Gasteiger partial charge on any atom is 0.311 e. The minimum Gasteiger partial charge on any atom is -0.481 e. The second-order valence-electron chi connectivity index (χ2n) is 5.41. The number of aromatic nitrogens is 1. The number of carboxylic acid groups (broad SMARTS) is 1. The molecular formula is C14H19BrN2O3. The van der Waals surface area contributed by atoms with Gasteiger partial charge in [0.05, 0.1) is 5.41 Å². The first-order chi connectivity index (χ1) is 9.53. The third-order valence-corrected chi connectivity index (χ3v) is 4.45. The molecule has 110 valence electrons. The molecule has 0 radical (unpaired) electrons. The molecule has 2 rings (SSSR count). The van der Waals surface area contributed by atoms with E-state index in [0.717, 1.165) is 30.2 Å². The Morgan fingerprint density at radius 2 is 1.95 bits per heavy atom. The van der Waals surface area contributed by atoms with Crippen molar-refractivity contribution < 1.29 is 14.7 Å². The first-order valence-corrected chi connectivity index (χ1v) is 7.68. The van der Waals surface area contributed by atoms with Crippen LogP contribution in [-0.2, 0) is 4.79 Å². The molecule has 1 aliphatic rings. The molecule has 0 saturated heterocycles. The summed E-state index contributed by atoms with van der Waals surface area (Å²) in [6.07, 6.45) is 6.92. The summed E-state index contributed by atoms with van der Waals surface area (Å²) in [4.78, 5) is 26.5. The molecule has 0 aromatic carbocycles. The predicted molar refractivity (Wildman–Crippen MR) is 78.6 cm³/mol. The van der Waals surface area contributed by atoms with Gasteiger partial charge in [-0.05, 0) is 34.8 Å². The molecule has 5 nitrogen and oxygen atoms in total. The topological polar surface area (TPSA) is 82.2 Å². The van der Waals surface area contributed by atoms with Crippen molar-refractivity contribution >= 4 is 27.8 Å². The van der Waals surface area contributed by atoms with Gasteiger partial charge in [-0.15, -0.1) is 0 Å². The van der Waals surface area contributed by atoms with Crippen LogP contribution >= 0.6 is 15.9 Å². The normalized spacial score (nSPS) is 18.2. The van der Waals surface area contributed by atoms with Crippen molar-refractivity contribution in [1.29, 1.82) is 0 Å². The highest BCUT2D eigenvalue weighted by molar-refractivity contribution is 9.10. The van der Waals surface area contributed by atoms with Crippen molar-refractivity contribution in [3.8, 4) is 0 Å². The lowest BCUT2D eigenvalue weighted by molar-refractivity contribution is -0.149. The van der Waals surface area contributed by atoms with Crippen LogP contribution < -0.4 is 5.32 Å². The summed E-state index contributed by atoms with van der Waals surface area (Å²) in [7, 11) is 0. The maximum atomic E-state index is 12.0. The lowest BCUT2D eigenvalue weighted by Gasteiger charge is -2.28. The van der Waals surface area contributed by atoms with E-state index in [1.807, 2.05) is 0 Å². The molecule has 1 fully saturated rings. The summed E-state index contributed by atoms with van der Waals surface area (Å²) < 4.78 is 0.796. The molecule has 1 amide bonds. The molecule has 3 N–H and O–H groups in total. The van der Waals surface area contributed by atoms with Crippen molar-refractivity contribution in [1.82, 2.24) is 10.3 Å². The first kappa shape index (κ1) is 15.1. The van der Waals surface area contributed by atoms with Crippen LogP contribution in [0.5, 0.6) is 0 Å². The summed E-state index contributed by atoms with van der Waals surface area (Å²) in [5, 5.41) is 12.3. The average molecular weight is 343 g/mol. The molecule has 0 aliphatic heterocycles. The summed E-state index contributed by atoms with van der Waals surface area (Å²) in [5.41, 5.74) is -0.373. The number of nitrogens with one attached hydrogen (secondary N) is 2. The Morgan fingerprint density at radius 1 is 1.30 bits per heavy atom. The van der Waals surface area contributed by atoms with Crippen molar-refractivity contribution in [2.75, 3.05) is 6.54 Å². The molecule has 1 aliphatic carbocycles. The molecule has 6 heteroatoms. The van der Waals surface area contributed by atoms with Crippen molar-refractivity contribution in [2.24, 2.45) is 5.41 Å². The van der Waals surface area contributed by atoms with Gasteiger partial charge in [0.25, 0.3) is 5.91 Å². The molecule has 1 aromatic heterocycles. The van der Waals surface area contributed by atoms with Crippen LogP contribution in [0.2, 0.25) is 0 Å². The van der Waals surface area contributed by atoms with Gasteiger partial charge in [0, 0.05) is 17.2 Å². The van der Waals surface area contributed by atoms with E-state index in [-0.39, 0.29) is 12.5 Å². The second-order valence-corrected chi connectivity index (χ2v) is 6.33. The zero-order chi connectivity index (χ0) is 14.6. The number of amides is 1. The van der Waals surface area contributed by atoms with Gasteiger partial charge in [0.2, 0.25) is 0 Å². The van der Waals surface area contributed by atoms with E-state index in [1.165, 1.54) is 0 Å². The quantitative estimate of drug-likeness (QED) is 0.735. The maximum absolute atomic E-state index is 12.0. The van der Waals surface area contributed by atoms with Crippen molar-refractivity contribution in [2.45, 2.75) is 38.5 Å². The van der Waals surface area contributed by atoms with Gasteiger partial charge in [-0.2, -0.15) is 0 Å². The van der Waals surface area contributed by atoms with Gasteiger partial charge < -0.3 is 15.4 Å². The molecule has 0 bridgehead atoms. The Morgan fingerprint density at radius 3 is 2.45 bits per heavy atom. The Balaban J connectivity index is 2.01. The van der Waals surface area contributed by atoms with E-state index in [9.17, 15) is 14.7 Å². The smallest absolute Gasteiger partial charge is 0.311 e. The summed E-state index contributed by atoms with van der Waals surface area (Å²) in [5.74, 6) is -1.06. The van der Waals surface area contributed by atoms with Gasteiger partial charge in [-0.1, -0.05) is 25.7 Å². The largest absolute Gasteiger partial charge is 0.481 e. The van der Waals surface area contributed by atoms with E-state index >= 15 is 0 Å². The van der Waals surface area contributed by atoms with Crippen LogP contribution in [0.3, 0.4) is 0 Å². The highest BCUT2D eigenvalue weighted by Gasteiger charge is 2.38. The van der Waals surface area contributed by atoms with Crippen LogP contribution in [0, 0.1) is 5.41 Å². The standard InChI is InChI=1S/C14H19BrN2O3/c15-10-7-11(16-8-10)12(18)17-9-14(13(19)20)5-3-1-2-4-6-14/h7-8,16H,1-6,9H2,(H,17,18)(H,19,20). The van der Waals surface area contributed by atoms with Crippen molar-refractivity contribution in [3.63, 3.8) is 0 Å². The lowest BCUT2D eigenvalue weighted by atomic mass is 9.80. The zero-order valence-corrected chi connectivity index (χ0v) is 12.8. The van der Waals surface area contributed by atoms with E-state index in [4.69, 9.17) is 0 Å². The Hall–Kier alpha value is -1.30. The number of hydrogen-bond donors (Lipinski definition) is 3. The van der Waals surface area contributed by atoms with E-state index in [1.54, 1.807) is 12.3 Å². The minimum absolute atomic E-state index is 0.192. The summed E-state index contributed by atoms with van der Waals surface area (Å²) >= 11 is 3.27. The van der Waals surface area contributed by atoms with E-state index in [0.29, 0.717) is 18.5 Å². The van der Waals surface area contributed by atoms with Gasteiger partial charge in [-0.25, -0.2) is 0 Å². The molecule has 0 unspecified atom stereocenters. The van der Waals surface area contributed by atoms with Gasteiger partial charge in [-0.3, -0.25) is 9.59 Å². The minimum atomic E-state index is -0.810. The molecule has 0 spiro atoms. The number of rotatable bonds is 4. The number of aromatic amines is 1. The number of carbonyl (C=O) groups excluding carboxylic acids is 1. The molecule has 1 heterocycles. The number of carboxylic acids is 1. The van der Waals surface area contributed by atoms with Crippen LogP contribution in [-0.4, -0.2) is 28.5 Å². The zero-order valence-electron chi connectivity index (χ0n) is 11.2. The third-order valence-electron chi connectivity index (χ3n) is 3.99. The number of carbonyl (C=O) groups is 2. The average Bonchev–Trinajstić information content (AvgIpc) is 2.71. The molecule has 1 saturated carbocycles. The van der Waals surface area contributed by atoms with Crippen LogP contribution in [0.15, 0.2) is 16.7 Å². The molecule has 20 heavy (non-hydrogen) atoms. The predicted octanol–water partition coefficient (Wildman–Crippen LogP) is 2.93. The van der Waals surface area contributed by atoms with E-state index in [2.05, 4.69) is 26.2 Å². The number of hydrogen-bond acceptors (Lipinski definition) is 2. The lowest BCUT2D eigenvalue weighted by Crippen LogP contribution is -2.43. The fourth-order valence-electron chi connectivity index (χ4n) is 2.72. The van der Waals surface area contributed by atoms with Gasteiger partial charge in [0.15, 0.2) is 0 Å². The highest BCUT2D eigenvalue weighted by atomic mass is 79.9. The molecule has 1 aromatic rings. The highest BCUT2D eigenvalue weighted by Crippen LogP contribution is 2.34. The van der Waals surface area contributed by atoms with Crippen LogP contribution in [0.1, 0.15) is 49.0 Å². The Labute approximate surface area is 126 Å². The van der Waals surface area contributed by atoms with Crippen molar-refractivity contribution in [3.05, 3.63) is 22.4 Å². The summed E-state index contributed by atoms with van der Waals surface area (Å²) in [6, 6.07) is 1.68. The first-order valence-electron chi connectivity index (χ1n) is 6.89. The second kappa shape index (κ2) is 6.43. The SMILES string of the molecule is O=C(NCC1(C(=O)O)CCCCCC1)c1cc(Br)c[nH]1. The fraction of sp³-hybridized carbons (Fsp3) is 0.571. The number of H-pyrrole nitrogens is 1. The van der Waals surface area contributed by atoms with Gasteiger partial charge >= 0.3 is 5.97 Å². The van der Waals surface area contributed by atoms with Crippen LogP contribution in [0.25, 0.3) is 0 Å². The monoisotopic (exact) mass is 342 g/mol. The Bertz CT molecular complexity index is 490.